The highest BCUT2D eigenvalue weighted by atomic mass is 32.1. The van der Waals surface area contributed by atoms with E-state index < -0.39 is 0 Å². The van der Waals surface area contributed by atoms with Crippen molar-refractivity contribution in [1.29, 1.82) is 0 Å². The number of Topliss-reactive ketones (excluding diaryl/α,β-unsaturated/α-hetero) is 1. The molecular weight excluding hydrogens is 334 g/mol. The molecule has 134 valence electrons. The van der Waals surface area contributed by atoms with Crippen LogP contribution in [0.3, 0.4) is 0 Å². The molecule has 3 rings (SSSR count). The van der Waals surface area contributed by atoms with Gasteiger partial charge in [0.2, 0.25) is 0 Å². The largest absolute Gasteiger partial charge is 0.491 e. The van der Waals surface area contributed by atoms with E-state index in [4.69, 9.17) is 9.84 Å². The van der Waals surface area contributed by atoms with Gasteiger partial charge in [0, 0.05) is 19.0 Å². The van der Waals surface area contributed by atoms with Gasteiger partial charge in [-0.25, -0.2) is 0 Å². The van der Waals surface area contributed by atoms with Gasteiger partial charge in [0.25, 0.3) is 0 Å². The standard InChI is InChI=1S/C20H25NO3S/c1-15-8-12-25-20(15)19(23)17-3-2-9-21(14-17)13-16-4-6-18(7-5-16)24-11-10-22/h4-8,12,17,22H,2-3,9-11,13-14H2,1H3. The molecule has 0 bridgehead atoms. The van der Waals surface area contributed by atoms with Crippen molar-refractivity contribution in [2.24, 2.45) is 5.92 Å². The third kappa shape index (κ3) is 4.69. The summed E-state index contributed by atoms with van der Waals surface area (Å²) in [6.45, 7) is 5.08. The summed E-state index contributed by atoms with van der Waals surface area (Å²) in [6.07, 6.45) is 2.05. The predicted octanol–water partition coefficient (Wildman–Crippen LogP) is 3.52. The molecule has 1 aromatic carbocycles. The van der Waals surface area contributed by atoms with Gasteiger partial charge in [-0.3, -0.25) is 9.69 Å². The smallest absolute Gasteiger partial charge is 0.177 e. The number of carbonyl (C=O) groups excluding carboxylic acids is 1. The molecule has 0 radical (unpaired) electrons. The molecule has 1 aliphatic rings. The highest BCUT2D eigenvalue weighted by molar-refractivity contribution is 7.12. The lowest BCUT2D eigenvalue weighted by atomic mass is 9.92. The van der Waals surface area contributed by atoms with E-state index in [0.717, 1.165) is 48.7 Å². The fourth-order valence-electron chi connectivity index (χ4n) is 3.34. The minimum atomic E-state index is 0.0225. The van der Waals surface area contributed by atoms with Crippen LogP contribution in [0.15, 0.2) is 35.7 Å². The second-order valence-electron chi connectivity index (χ2n) is 6.59. The number of rotatable bonds is 7. The summed E-state index contributed by atoms with van der Waals surface area (Å²) in [5.74, 6) is 1.20. The number of hydrogen-bond donors (Lipinski definition) is 1. The van der Waals surface area contributed by atoms with Gasteiger partial charge in [-0.15, -0.1) is 11.3 Å². The quantitative estimate of drug-likeness (QED) is 0.769. The van der Waals surface area contributed by atoms with Crippen LogP contribution in [0, 0.1) is 12.8 Å². The first-order valence-electron chi connectivity index (χ1n) is 8.80. The molecule has 0 spiro atoms. The zero-order valence-corrected chi connectivity index (χ0v) is 15.4. The van der Waals surface area contributed by atoms with Crippen molar-refractivity contribution < 1.29 is 14.6 Å². The van der Waals surface area contributed by atoms with E-state index in [-0.39, 0.29) is 12.5 Å². The van der Waals surface area contributed by atoms with E-state index in [9.17, 15) is 4.79 Å². The Morgan fingerprint density at radius 2 is 2.12 bits per heavy atom. The normalized spacial score (nSPS) is 18.2. The van der Waals surface area contributed by atoms with Crippen LogP contribution in [-0.2, 0) is 6.54 Å². The van der Waals surface area contributed by atoms with Crippen molar-refractivity contribution in [2.45, 2.75) is 26.3 Å². The fraction of sp³-hybridized carbons (Fsp3) is 0.450. The summed E-state index contributed by atoms with van der Waals surface area (Å²) in [5.41, 5.74) is 2.32. The number of aliphatic hydroxyl groups excluding tert-OH is 1. The number of likely N-dealkylation sites (tertiary alicyclic amines) is 1. The van der Waals surface area contributed by atoms with Gasteiger partial charge < -0.3 is 9.84 Å². The van der Waals surface area contributed by atoms with Crippen LogP contribution >= 0.6 is 11.3 Å². The topological polar surface area (TPSA) is 49.8 Å². The summed E-state index contributed by atoms with van der Waals surface area (Å²) in [5, 5.41) is 10.8. The SMILES string of the molecule is Cc1ccsc1C(=O)C1CCCN(Cc2ccc(OCCO)cc2)C1. The maximum atomic E-state index is 12.8. The van der Waals surface area contributed by atoms with Crippen molar-refractivity contribution in [3.05, 3.63) is 51.7 Å². The number of hydrogen-bond acceptors (Lipinski definition) is 5. The predicted molar refractivity (Wildman–Crippen MR) is 100 cm³/mol. The van der Waals surface area contributed by atoms with Gasteiger partial charge in [0.05, 0.1) is 11.5 Å². The Labute approximate surface area is 153 Å². The molecule has 4 nitrogen and oxygen atoms in total. The lowest BCUT2D eigenvalue weighted by molar-refractivity contribution is 0.0815. The van der Waals surface area contributed by atoms with E-state index in [0.29, 0.717) is 12.4 Å². The minimum Gasteiger partial charge on any atom is -0.491 e. The van der Waals surface area contributed by atoms with E-state index >= 15 is 0 Å². The summed E-state index contributed by atoms with van der Waals surface area (Å²) in [4.78, 5) is 16.1. The van der Waals surface area contributed by atoms with Crippen LogP contribution in [0.25, 0.3) is 0 Å². The second-order valence-corrected chi connectivity index (χ2v) is 7.50. The van der Waals surface area contributed by atoms with E-state index in [1.54, 1.807) is 11.3 Å². The number of aryl methyl sites for hydroxylation is 1. The number of piperidine rings is 1. The second kappa shape index (κ2) is 8.61. The number of thiophene rings is 1. The molecular formula is C20H25NO3S. The van der Waals surface area contributed by atoms with Crippen molar-refractivity contribution in [3.8, 4) is 5.75 Å². The Kier molecular flexibility index (Phi) is 6.24. The summed E-state index contributed by atoms with van der Waals surface area (Å²) in [6, 6.07) is 10.0. The zero-order valence-electron chi connectivity index (χ0n) is 14.6. The van der Waals surface area contributed by atoms with Gasteiger partial charge in [-0.1, -0.05) is 12.1 Å². The molecule has 5 heteroatoms. The number of carbonyl (C=O) groups is 1. The maximum Gasteiger partial charge on any atom is 0.177 e. The van der Waals surface area contributed by atoms with Crippen LogP contribution in [0.1, 0.15) is 33.6 Å². The first-order valence-corrected chi connectivity index (χ1v) is 9.68. The zero-order chi connectivity index (χ0) is 17.6. The monoisotopic (exact) mass is 359 g/mol. The van der Waals surface area contributed by atoms with Crippen molar-refractivity contribution in [3.63, 3.8) is 0 Å². The highest BCUT2D eigenvalue weighted by Crippen LogP contribution is 2.26. The Bertz CT molecular complexity index is 695. The molecule has 1 aliphatic heterocycles. The van der Waals surface area contributed by atoms with Gasteiger partial charge in [-0.05, 0) is 61.0 Å². The van der Waals surface area contributed by atoms with Crippen molar-refractivity contribution >= 4 is 17.1 Å². The van der Waals surface area contributed by atoms with Crippen LogP contribution in [0.2, 0.25) is 0 Å². The molecule has 1 atom stereocenters. The maximum absolute atomic E-state index is 12.8. The van der Waals surface area contributed by atoms with Gasteiger partial charge in [0.1, 0.15) is 12.4 Å². The Morgan fingerprint density at radius 1 is 1.32 bits per heavy atom. The Morgan fingerprint density at radius 3 is 2.80 bits per heavy atom. The van der Waals surface area contributed by atoms with E-state index in [2.05, 4.69) is 17.0 Å². The minimum absolute atomic E-state index is 0.0225. The molecule has 2 aromatic rings. The Balaban J connectivity index is 1.58. The van der Waals surface area contributed by atoms with Gasteiger partial charge in [-0.2, -0.15) is 0 Å². The van der Waals surface area contributed by atoms with E-state index in [1.807, 2.05) is 30.5 Å². The summed E-state index contributed by atoms with van der Waals surface area (Å²) in [7, 11) is 0. The van der Waals surface area contributed by atoms with Crippen molar-refractivity contribution in [1.82, 2.24) is 4.90 Å². The lowest BCUT2D eigenvalue weighted by Crippen LogP contribution is -2.38. The highest BCUT2D eigenvalue weighted by Gasteiger charge is 2.28. The third-order valence-corrected chi connectivity index (χ3v) is 5.68. The summed E-state index contributed by atoms with van der Waals surface area (Å²) >= 11 is 1.56. The Hall–Kier alpha value is -1.69. The lowest BCUT2D eigenvalue weighted by Gasteiger charge is -2.32. The summed E-state index contributed by atoms with van der Waals surface area (Å²) < 4.78 is 5.39. The van der Waals surface area contributed by atoms with Crippen LogP contribution in [-0.4, -0.2) is 42.1 Å². The molecule has 2 heterocycles. The molecule has 0 aliphatic carbocycles. The first kappa shape index (κ1) is 18.1. The molecule has 1 fully saturated rings. The molecule has 25 heavy (non-hydrogen) atoms. The van der Waals surface area contributed by atoms with Crippen LogP contribution < -0.4 is 4.74 Å². The fourth-order valence-corrected chi connectivity index (χ4v) is 4.28. The number of aliphatic hydroxyl groups is 1. The van der Waals surface area contributed by atoms with Gasteiger partial charge >= 0.3 is 0 Å². The van der Waals surface area contributed by atoms with E-state index in [1.165, 1.54) is 5.56 Å². The van der Waals surface area contributed by atoms with Crippen LogP contribution in [0.5, 0.6) is 5.75 Å². The average molecular weight is 359 g/mol. The van der Waals surface area contributed by atoms with Crippen molar-refractivity contribution in [2.75, 3.05) is 26.3 Å². The molecule has 0 saturated carbocycles. The molecule has 1 N–H and O–H groups in total. The molecule has 1 aromatic heterocycles. The number of benzene rings is 1. The number of nitrogens with zero attached hydrogens (tertiary/aromatic N) is 1. The van der Waals surface area contributed by atoms with Gasteiger partial charge in [0.15, 0.2) is 5.78 Å². The molecule has 1 saturated heterocycles. The molecule has 0 amide bonds. The number of ketones is 1. The molecule has 1 unspecified atom stereocenters. The third-order valence-electron chi connectivity index (χ3n) is 4.65. The first-order chi connectivity index (χ1) is 12.2. The number of ether oxygens (including phenoxy) is 1. The van der Waals surface area contributed by atoms with Crippen LogP contribution in [0.4, 0.5) is 0 Å². The average Bonchev–Trinajstić information content (AvgIpc) is 3.07.